The maximum Gasteiger partial charge on any atom is 0.0426 e. The molecule has 0 radical (unpaired) electrons. The highest BCUT2D eigenvalue weighted by atomic mass is 79.9. The minimum absolute atomic E-state index is 0.927. The standard InChI is InChI=1S/C15H16BrN/c1-12-4-3-5-15(10-12)17(2)11-13-6-8-14(16)9-7-13/h3-10H,11H2,1-2H3. The summed E-state index contributed by atoms with van der Waals surface area (Å²) in [5.41, 5.74) is 3.87. The second kappa shape index (κ2) is 5.37. The normalized spacial score (nSPS) is 10.3. The monoisotopic (exact) mass is 289 g/mol. The third kappa shape index (κ3) is 3.34. The topological polar surface area (TPSA) is 3.24 Å². The van der Waals surface area contributed by atoms with Crippen LogP contribution in [-0.2, 0) is 6.54 Å². The van der Waals surface area contributed by atoms with Crippen molar-refractivity contribution in [3.05, 3.63) is 64.1 Å². The van der Waals surface area contributed by atoms with Gasteiger partial charge >= 0.3 is 0 Å². The number of rotatable bonds is 3. The zero-order valence-electron chi connectivity index (χ0n) is 10.2. The van der Waals surface area contributed by atoms with Gasteiger partial charge in [0.15, 0.2) is 0 Å². The van der Waals surface area contributed by atoms with Crippen LogP contribution in [0, 0.1) is 6.92 Å². The summed E-state index contributed by atoms with van der Waals surface area (Å²) in [5, 5.41) is 0. The summed E-state index contributed by atoms with van der Waals surface area (Å²) in [4.78, 5) is 2.26. The fourth-order valence-electron chi connectivity index (χ4n) is 1.82. The number of anilines is 1. The molecule has 0 N–H and O–H groups in total. The molecule has 17 heavy (non-hydrogen) atoms. The summed E-state index contributed by atoms with van der Waals surface area (Å²) >= 11 is 3.45. The van der Waals surface area contributed by atoms with E-state index >= 15 is 0 Å². The molecule has 2 heteroatoms. The minimum atomic E-state index is 0.927. The number of hydrogen-bond donors (Lipinski definition) is 0. The van der Waals surface area contributed by atoms with E-state index in [0.717, 1.165) is 11.0 Å². The Bertz CT molecular complexity index is 491. The van der Waals surface area contributed by atoms with Crippen molar-refractivity contribution in [3.63, 3.8) is 0 Å². The molecule has 0 atom stereocenters. The average molecular weight is 290 g/mol. The van der Waals surface area contributed by atoms with E-state index in [4.69, 9.17) is 0 Å². The highest BCUT2D eigenvalue weighted by Gasteiger charge is 2.02. The third-order valence-corrected chi connectivity index (χ3v) is 3.30. The quantitative estimate of drug-likeness (QED) is 0.810. The van der Waals surface area contributed by atoms with Gasteiger partial charge in [0.25, 0.3) is 0 Å². The first-order valence-electron chi connectivity index (χ1n) is 5.67. The maximum absolute atomic E-state index is 3.45. The van der Waals surface area contributed by atoms with Crippen LogP contribution in [0.3, 0.4) is 0 Å². The molecule has 0 aliphatic carbocycles. The molecule has 0 unspecified atom stereocenters. The van der Waals surface area contributed by atoms with Gasteiger partial charge < -0.3 is 4.90 Å². The Labute approximate surface area is 111 Å². The SMILES string of the molecule is Cc1cccc(N(C)Cc2ccc(Br)cc2)c1. The second-order valence-corrected chi connectivity index (χ2v) is 5.24. The number of halogens is 1. The molecule has 2 rings (SSSR count). The van der Waals surface area contributed by atoms with Gasteiger partial charge in [0.1, 0.15) is 0 Å². The first-order valence-corrected chi connectivity index (χ1v) is 6.47. The number of benzene rings is 2. The first kappa shape index (κ1) is 12.2. The van der Waals surface area contributed by atoms with Crippen LogP contribution in [-0.4, -0.2) is 7.05 Å². The van der Waals surface area contributed by atoms with E-state index in [0.29, 0.717) is 0 Å². The molecule has 2 aromatic rings. The summed E-state index contributed by atoms with van der Waals surface area (Å²) in [6.45, 7) is 3.05. The molecular formula is C15H16BrN. The van der Waals surface area contributed by atoms with E-state index in [-0.39, 0.29) is 0 Å². The smallest absolute Gasteiger partial charge is 0.0426 e. The van der Waals surface area contributed by atoms with Crippen molar-refractivity contribution in [1.82, 2.24) is 0 Å². The van der Waals surface area contributed by atoms with Crippen LogP contribution < -0.4 is 4.90 Å². The average Bonchev–Trinajstić information content (AvgIpc) is 2.32. The van der Waals surface area contributed by atoms with Gasteiger partial charge in [-0.05, 0) is 42.3 Å². The maximum atomic E-state index is 3.45. The minimum Gasteiger partial charge on any atom is -0.370 e. The first-order chi connectivity index (χ1) is 8.15. The highest BCUT2D eigenvalue weighted by molar-refractivity contribution is 9.10. The van der Waals surface area contributed by atoms with Gasteiger partial charge in [0.05, 0.1) is 0 Å². The summed E-state index contributed by atoms with van der Waals surface area (Å²) in [7, 11) is 2.12. The van der Waals surface area contributed by atoms with Gasteiger partial charge in [-0.15, -0.1) is 0 Å². The van der Waals surface area contributed by atoms with Gasteiger partial charge in [-0.2, -0.15) is 0 Å². The van der Waals surface area contributed by atoms with Crippen molar-refractivity contribution in [1.29, 1.82) is 0 Å². The molecule has 0 spiro atoms. The van der Waals surface area contributed by atoms with E-state index < -0.39 is 0 Å². The molecule has 0 aliphatic heterocycles. The fraction of sp³-hybridized carbons (Fsp3) is 0.200. The lowest BCUT2D eigenvalue weighted by Crippen LogP contribution is -2.16. The zero-order chi connectivity index (χ0) is 12.3. The Morgan fingerprint density at radius 1 is 1.06 bits per heavy atom. The van der Waals surface area contributed by atoms with E-state index in [1.807, 2.05) is 0 Å². The lowest BCUT2D eigenvalue weighted by molar-refractivity contribution is 0.922. The van der Waals surface area contributed by atoms with Crippen molar-refractivity contribution in [2.24, 2.45) is 0 Å². The number of nitrogens with zero attached hydrogens (tertiary/aromatic N) is 1. The van der Waals surface area contributed by atoms with Crippen molar-refractivity contribution >= 4 is 21.6 Å². The van der Waals surface area contributed by atoms with Gasteiger partial charge in [-0.1, -0.05) is 40.2 Å². The summed E-state index contributed by atoms with van der Waals surface area (Å²) in [5.74, 6) is 0. The predicted octanol–water partition coefficient (Wildman–Crippen LogP) is 4.39. The molecule has 1 nitrogen and oxygen atoms in total. The molecule has 0 fully saturated rings. The van der Waals surface area contributed by atoms with E-state index in [2.05, 4.69) is 83.3 Å². The molecule has 0 aliphatic rings. The summed E-state index contributed by atoms with van der Waals surface area (Å²) in [6.07, 6.45) is 0. The molecule has 88 valence electrons. The molecule has 0 saturated heterocycles. The second-order valence-electron chi connectivity index (χ2n) is 4.32. The molecule has 0 aromatic heterocycles. The predicted molar refractivity (Wildman–Crippen MR) is 77.4 cm³/mol. The highest BCUT2D eigenvalue weighted by Crippen LogP contribution is 2.18. The number of hydrogen-bond acceptors (Lipinski definition) is 1. The third-order valence-electron chi connectivity index (χ3n) is 2.78. The van der Waals surface area contributed by atoms with Crippen molar-refractivity contribution in [2.45, 2.75) is 13.5 Å². The lowest BCUT2D eigenvalue weighted by atomic mass is 10.2. The number of aryl methyl sites for hydroxylation is 1. The van der Waals surface area contributed by atoms with Crippen LogP contribution >= 0.6 is 15.9 Å². The molecule has 2 aromatic carbocycles. The lowest BCUT2D eigenvalue weighted by Gasteiger charge is -2.19. The molecular weight excluding hydrogens is 274 g/mol. The molecule has 0 heterocycles. The van der Waals surface area contributed by atoms with E-state index in [9.17, 15) is 0 Å². The fourth-order valence-corrected chi connectivity index (χ4v) is 2.08. The van der Waals surface area contributed by atoms with E-state index in [1.165, 1.54) is 16.8 Å². The zero-order valence-corrected chi connectivity index (χ0v) is 11.7. The van der Waals surface area contributed by atoms with Crippen LogP contribution in [0.25, 0.3) is 0 Å². The van der Waals surface area contributed by atoms with Crippen molar-refractivity contribution in [3.8, 4) is 0 Å². The van der Waals surface area contributed by atoms with E-state index in [1.54, 1.807) is 0 Å². The van der Waals surface area contributed by atoms with Crippen LogP contribution in [0.4, 0.5) is 5.69 Å². The Morgan fingerprint density at radius 3 is 2.41 bits per heavy atom. The van der Waals surface area contributed by atoms with Crippen LogP contribution in [0.5, 0.6) is 0 Å². The summed E-state index contributed by atoms with van der Waals surface area (Å²) < 4.78 is 1.12. The molecule has 0 bridgehead atoms. The van der Waals surface area contributed by atoms with Crippen LogP contribution in [0.1, 0.15) is 11.1 Å². The van der Waals surface area contributed by atoms with Gasteiger partial charge in [0, 0.05) is 23.8 Å². The molecule has 0 amide bonds. The van der Waals surface area contributed by atoms with Gasteiger partial charge in [-0.3, -0.25) is 0 Å². The molecule has 0 saturated carbocycles. The van der Waals surface area contributed by atoms with Crippen LogP contribution in [0.15, 0.2) is 53.0 Å². The Hall–Kier alpha value is -1.28. The van der Waals surface area contributed by atoms with Gasteiger partial charge in [0.2, 0.25) is 0 Å². The van der Waals surface area contributed by atoms with Gasteiger partial charge in [-0.25, -0.2) is 0 Å². The van der Waals surface area contributed by atoms with Crippen LogP contribution in [0.2, 0.25) is 0 Å². The Morgan fingerprint density at radius 2 is 1.76 bits per heavy atom. The van der Waals surface area contributed by atoms with Crippen molar-refractivity contribution < 1.29 is 0 Å². The summed E-state index contributed by atoms with van der Waals surface area (Å²) in [6, 6.07) is 17.0. The van der Waals surface area contributed by atoms with Crippen molar-refractivity contribution in [2.75, 3.05) is 11.9 Å². The Kier molecular flexibility index (Phi) is 3.85. The largest absolute Gasteiger partial charge is 0.370 e. The Balaban J connectivity index is 2.11.